The molecule has 0 heterocycles. The average Bonchev–Trinajstić information content (AvgIpc) is 2.50. The van der Waals surface area contributed by atoms with Crippen LogP contribution in [0.4, 0.5) is 35.1 Å². The molecule has 0 aromatic carbocycles. The van der Waals surface area contributed by atoms with Crippen molar-refractivity contribution >= 4 is 11.9 Å². The lowest BCUT2D eigenvalue weighted by molar-refractivity contribution is -0.176. The molecule has 0 aromatic heterocycles. The van der Waals surface area contributed by atoms with E-state index in [0.717, 1.165) is 0 Å². The van der Waals surface area contributed by atoms with Crippen molar-refractivity contribution in [3.05, 3.63) is 24.8 Å². The van der Waals surface area contributed by atoms with Gasteiger partial charge in [0.25, 0.3) is 0 Å². The van der Waals surface area contributed by atoms with Crippen LogP contribution in [0.15, 0.2) is 24.8 Å². The van der Waals surface area contributed by atoms with Gasteiger partial charge in [-0.25, -0.2) is 27.2 Å². The fourth-order valence-corrected chi connectivity index (χ4v) is 0.637. The quantitative estimate of drug-likeness (QED) is 0.363. The summed E-state index contributed by atoms with van der Waals surface area (Å²) in [6.45, 7) is 3.96. The Balaban J connectivity index is 0. The van der Waals surface area contributed by atoms with E-state index in [-0.39, 0.29) is 5.57 Å². The Morgan fingerprint density at radius 1 is 0.960 bits per heavy atom. The molecule has 0 saturated carbocycles. The van der Waals surface area contributed by atoms with Gasteiger partial charge in [0.15, 0.2) is 13.2 Å². The van der Waals surface area contributed by atoms with Gasteiger partial charge in [-0.2, -0.15) is 17.6 Å². The minimum absolute atomic E-state index is 0.120. The zero-order valence-corrected chi connectivity index (χ0v) is 12.7. The highest BCUT2D eigenvalue weighted by Gasteiger charge is 2.42. The van der Waals surface area contributed by atoms with Gasteiger partial charge in [-0.1, -0.05) is 13.2 Å². The standard InChI is InChI=1S/C7H8F4O2.C6H6F4O2/c1-4(2)5(12)13-3-7(10,11)6(8)9;1-2-4(11)12-3-6(9,10)5(7)8/h6H,1,3H2,2H3;2,5H,1,3H2. The third-order valence-corrected chi connectivity index (χ3v) is 1.96. The number of alkyl halides is 8. The van der Waals surface area contributed by atoms with E-state index < -0.39 is 49.8 Å². The lowest BCUT2D eigenvalue weighted by Gasteiger charge is -2.14. The number of halogens is 8. The zero-order chi connectivity index (χ0) is 20.4. The maximum atomic E-state index is 12.1. The second-order valence-corrected chi connectivity index (χ2v) is 4.29. The molecule has 0 saturated heterocycles. The number of hydrogen-bond donors (Lipinski definition) is 0. The first-order chi connectivity index (χ1) is 11.2. The molecular formula is C13H14F8O4. The van der Waals surface area contributed by atoms with Crippen LogP contribution in [0, 0.1) is 0 Å². The van der Waals surface area contributed by atoms with Gasteiger partial charge in [0.1, 0.15) is 0 Å². The van der Waals surface area contributed by atoms with Crippen LogP contribution in [-0.4, -0.2) is 49.8 Å². The first kappa shape index (κ1) is 25.1. The van der Waals surface area contributed by atoms with Crippen LogP contribution in [0.25, 0.3) is 0 Å². The molecule has 0 bridgehead atoms. The second kappa shape index (κ2) is 10.7. The largest absolute Gasteiger partial charge is 0.456 e. The van der Waals surface area contributed by atoms with Gasteiger partial charge in [0, 0.05) is 11.6 Å². The van der Waals surface area contributed by atoms with E-state index in [2.05, 4.69) is 22.6 Å². The lowest BCUT2D eigenvalue weighted by atomic mass is 10.3. The molecule has 0 rings (SSSR count). The first-order valence-electron chi connectivity index (χ1n) is 6.11. The third-order valence-electron chi connectivity index (χ3n) is 1.96. The van der Waals surface area contributed by atoms with E-state index in [1.54, 1.807) is 0 Å². The molecule has 25 heavy (non-hydrogen) atoms. The Hall–Kier alpha value is -2.14. The minimum Gasteiger partial charge on any atom is -0.456 e. The summed E-state index contributed by atoms with van der Waals surface area (Å²) in [5.74, 6) is -10.9. The molecule has 0 aliphatic rings. The molecule has 0 amide bonds. The summed E-state index contributed by atoms with van der Waals surface area (Å²) in [4.78, 5) is 20.7. The SMILES string of the molecule is C=C(C)C(=O)OCC(F)(F)C(F)F.C=CC(=O)OCC(F)(F)C(F)F. The molecule has 0 N–H and O–H groups in total. The number of esters is 2. The minimum atomic E-state index is -4.30. The summed E-state index contributed by atoms with van der Waals surface area (Å²) >= 11 is 0. The monoisotopic (exact) mass is 386 g/mol. The van der Waals surface area contributed by atoms with E-state index in [4.69, 9.17) is 0 Å². The van der Waals surface area contributed by atoms with E-state index in [1.165, 1.54) is 6.92 Å². The topological polar surface area (TPSA) is 52.6 Å². The first-order valence-corrected chi connectivity index (χ1v) is 6.11. The molecule has 146 valence electrons. The highest BCUT2D eigenvalue weighted by molar-refractivity contribution is 5.86. The predicted molar refractivity (Wildman–Crippen MR) is 68.8 cm³/mol. The second-order valence-electron chi connectivity index (χ2n) is 4.29. The van der Waals surface area contributed by atoms with Gasteiger partial charge in [-0.3, -0.25) is 0 Å². The van der Waals surface area contributed by atoms with Crippen molar-refractivity contribution in [2.24, 2.45) is 0 Å². The average molecular weight is 386 g/mol. The van der Waals surface area contributed by atoms with Crippen molar-refractivity contribution in [1.29, 1.82) is 0 Å². The summed E-state index contributed by atoms with van der Waals surface area (Å²) < 4.78 is 102. The third kappa shape index (κ3) is 11.1. The van der Waals surface area contributed by atoms with Crippen LogP contribution < -0.4 is 0 Å². The van der Waals surface area contributed by atoms with Crippen molar-refractivity contribution in [2.45, 2.75) is 31.6 Å². The maximum absolute atomic E-state index is 12.1. The molecule has 0 aliphatic carbocycles. The van der Waals surface area contributed by atoms with Crippen molar-refractivity contribution in [2.75, 3.05) is 13.2 Å². The number of rotatable bonds is 8. The molecule has 0 atom stereocenters. The Kier molecular flexibility index (Phi) is 10.7. The van der Waals surface area contributed by atoms with Gasteiger partial charge in [-0.15, -0.1) is 0 Å². The molecule has 0 unspecified atom stereocenters. The summed E-state index contributed by atoms with van der Waals surface area (Å²) in [6.07, 6.45) is -7.07. The molecule has 0 aliphatic heterocycles. The lowest BCUT2D eigenvalue weighted by Crippen LogP contribution is -2.33. The van der Waals surface area contributed by atoms with Crippen molar-refractivity contribution in [1.82, 2.24) is 0 Å². The molecule has 0 aromatic rings. The summed E-state index contributed by atoms with van der Waals surface area (Å²) in [6, 6.07) is 0. The van der Waals surface area contributed by atoms with E-state index in [1.807, 2.05) is 0 Å². The number of ether oxygens (including phenoxy) is 2. The molecule has 0 radical (unpaired) electrons. The fourth-order valence-electron chi connectivity index (χ4n) is 0.637. The van der Waals surface area contributed by atoms with Crippen molar-refractivity contribution in [3.63, 3.8) is 0 Å². The fraction of sp³-hybridized carbons (Fsp3) is 0.538. The van der Waals surface area contributed by atoms with Gasteiger partial charge in [-0.05, 0) is 6.92 Å². The molecule has 12 heteroatoms. The highest BCUT2D eigenvalue weighted by atomic mass is 19.3. The molecular weight excluding hydrogens is 372 g/mol. The summed E-state index contributed by atoms with van der Waals surface area (Å²) in [7, 11) is 0. The zero-order valence-electron chi connectivity index (χ0n) is 12.7. The van der Waals surface area contributed by atoms with Crippen LogP contribution in [0.3, 0.4) is 0 Å². The van der Waals surface area contributed by atoms with Gasteiger partial charge in [0.05, 0.1) is 0 Å². The number of hydrogen-bond acceptors (Lipinski definition) is 4. The van der Waals surface area contributed by atoms with Crippen LogP contribution >= 0.6 is 0 Å². The van der Waals surface area contributed by atoms with Crippen LogP contribution in [0.2, 0.25) is 0 Å². The van der Waals surface area contributed by atoms with Gasteiger partial charge in [0.2, 0.25) is 0 Å². The Morgan fingerprint density at radius 2 is 1.32 bits per heavy atom. The number of carbonyl (C=O) groups excluding carboxylic acids is 2. The highest BCUT2D eigenvalue weighted by Crippen LogP contribution is 2.23. The maximum Gasteiger partial charge on any atom is 0.340 e. The molecule has 0 fully saturated rings. The molecule has 0 spiro atoms. The van der Waals surface area contributed by atoms with Crippen LogP contribution in [0.1, 0.15) is 6.92 Å². The van der Waals surface area contributed by atoms with Crippen molar-refractivity contribution < 1.29 is 54.2 Å². The normalized spacial score (nSPS) is 11.5. The van der Waals surface area contributed by atoms with E-state index in [9.17, 15) is 44.7 Å². The van der Waals surface area contributed by atoms with Crippen LogP contribution in [0.5, 0.6) is 0 Å². The van der Waals surface area contributed by atoms with E-state index in [0.29, 0.717) is 6.08 Å². The van der Waals surface area contributed by atoms with Gasteiger partial charge >= 0.3 is 36.6 Å². The molecule has 4 nitrogen and oxygen atoms in total. The summed E-state index contributed by atoms with van der Waals surface area (Å²) in [5.41, 5.74) is -0.120. The van der Waals surface area contributed by atoms with E-state index >= 15 is 0 Å². The smallest absolute Gasteiger partial charge is 0.340 e. The van der Waals surface area contributed by atoms with Gasteiger partial charge < -0.3 is 9.47 Å². The number of carbonyl (C=O) groups is 2. The van der Waals surface area contributed by atoms with Crippen molar-refractivity contribution in [3.8, 4) is 0 Å². The Labute approximate surface area is 137 Å². The Morgan fingerprint density at radius 3 is 1.60 bits per heavy atom. The summed E-state index contributed by atoms with van der Waals surface area (Å²) in [5, 5.41) is 0. The Bertz CT molecular complexity index is 477. The van der Waals surface area contributed by atoms with Crippen LogP contribution in [-0.2, 0) is 19.1 Å². The predicted octanol–water partition coefficient (Wildman–Crippen LogP) is 3.62.